The lowest BCUT2D eigenvalue weighted by Crippen LogP contribution is -2.55. The van der Waals surface area contributed by atoms with Gasteiger partial charge in [-0.05, 0) is 35.4 Å². The van der Waals surface area contributed by atoms with Crippen molar-refractivity contribution in [2.75, 3.05) is 13.9 Å². The molecule has 0 atom stereocenters. The number of aromatic nitrogens is 2. The zero-order valence-electron chi connectivity index (χ0n) is 14.5. The number of nitrogens with one attached hydrogen (secondary N) is 1. The molecule has 0 saturated carbocycles. The third-order valence-corrected chi connectivity index (χ3v) is 3.69. The quantitative estimate of drug-likeness (QED) is 0.661. The van der Waals surface area contributed by atoms with Crippen LogP contribution in [0.2, 0.25) is 0 Å². The largest absolute Gasteiger partial charge is 0.378 e. The first-order valence-electron chi connectivity index (χ1n) is 8.10. The normalized spacial score (nSPS) is 12.4. The van der Waals surface area contributed by atoms with Gasteiger partial charge in [-0.1, -0.05) is 47.2 Å². The third kappa shape index (κ3) is 4.39. The second-order valence-corrected chi connectivity index (χ2v) is 5.64. The lowest BCUT2D eigenvalue weighted by Gasteiger charge is -2.06. The van der Waals surface area contributed by atoms with Crippen LogP contribution in [0.5, 0.6) is 0 Å². The summed E-state index contributed by atoms with van der Waals surface area (Å²) in [6, 6.07) is 14.8. The van der Waals surface area contributed by atoms with Gasteiger partial charge >= 0.3 is 11.1 Å². The molecule has 0 saturated heterocycles. The SMILES string of the molecule is COCOn1c(=O)/c(=C/c2ccc(F)cc2)[nH]/c(=C/c2ccccc2)c1=O. The van der Waals surface area contributed by atoms with Gasteiger partial charge in [-0.15, -0.1) is 0 Å². The molecule has 1 N–H and O–H groups in total. The first-order chi connectivity index (χ1) is 13.1. The number of rotatable bonds is 5. The van der Waals surface area contributed by atoms with Gasteiger partial charge in [-0.2, -0.15) is 0 Å². The summed E-state index contributed by atoms with van der Waals surface area (Å²) >= 11 is 0. The van der Waals surface area contributed by atoms with Crippen molar-refractivity contribution in [3.05, 3.63) is 103 Å². The van der Waals surface area contributed by atoms with E-state index in [1.807, 2.05) is 30.3 Å². The topological polar surface area (TPSA) is 73.3 Å². The molecule has 27 heavy (non-hydrogen) atoms. The molecule has 1 aromatic heterocycles. The summed E-state index contributed by atoms with van der Waals surface area (Å²) in [6.45, 7) is -0.264. The number of methoxy groups -OCH3 is 1. The van der Waals surface area contributed by atoms with Crippen molar-refractivity contribution >= 4 is 12.2 Å². The zero-order chi connectivity index (χ0) is 19.2. The number of benzene rings is 2. The van der Waals surface area contributed by atoms with E-state index in [9.17, 15) is 14.0 Å². The molecule has 6 nitrogen and oxygen atoms in total. The van der Waals surface area contributed by atoms with Gasteiger partial charge in [0.05, 0.1) is 0 Å². The Hall–Kier alpha value is -3.45. The Balaban J connectivity index is 2.25. The maximum Gasteiger partial charge on any atom is 0.310 e. The molecule has 1 heterocycles. The lowest BCUT2D eigenvalue weighted by atomic mass is 10.2. The van der Waals surface area contributed by atoms with Gasteiger partial charge in [-0.25, -0.2) is 4.39 Å². The van der Waals surface area contributed by atoms with E-state index < -0.39 is 11.1 Å². The fourth-order valence-corrected chi connectivity index (χ4v) is 2.42. The summed E-state index contributed by atoms with van der Waals surface area (Å²) < 4.78 is 18.5. The average Bonchev–Trinajstić information content (AvgIpc) is 2.68. The van der Waals surface area contributed by atoms with Crippen molar-refractivity contribution in [1.29, 1.82) is 0 Å². The number of ether oxygens (including phenoxy) is 1. The van der Waals surface area contributed by atoms with Crippen LogP contribution in [-0.4, -0.2) is 23.6 Å². The molecule has 0 radical (unpaired) electrons. The molecule has 7 heteroatoms. The van der Waals surface area contributed by atoms with Crippen LogP contribution >= 0.6 is 0 Å². The van der Waals surface area contributed by atoms with Gasteiger partial charge in [0.1, 0.15) is 16.5 Å². The van der Waals surface area contributed by atoms with E-state index in [1.54, 1.807) is 6.08 Å². The monoisotopic (exact) mass is 368 g/mol. The highest BCUT2D eigenvalue weighted by atomic mass is 19.1. The summed E-state index contributed by atoms with van der Waals surface area (Å²) in [5.74, 6) is -0.384. The highest BCUT2D eigenvalue weighted by Gasteiger charge is 2.07. The van der Waals surface area contributed by atoms with Crippen LogP contribution in [0.1, 0.15) is 11.1 Å². The number of hydrogen-bond donors (Lipinski definition) is 1. The summed E-state index contributed by atoms with van der Waals surface area (Å²) in [5, 5.41) is 0.268. The standard InChI is InChI=1S/C20H17FN2O4/c1-26-13-27-23-19(24)17(11-14-5-3-2-4-6-14)22-18(20(23)25)12-15-7-9-16(21)10-8-15/h2-12,22H,13H2,1H3/b17-11+,18-12-. The Labute approximate surface area is 153 Å². The van der Waals surface area contributed by atoms with Crippen molar-refractivity contribution in [2.45, 2.75) is 0 Å². The zero-order valence-corrected chi connectivity index (χ0v) is 14.5. The molecule has 3 aromatic rings. The minimum atomic E-state index is -0.674. The molecule has 138 valence electrons. The van der Waals surface area contributed by atoms with Crippen LogP contribution in [0.25, 0.3) is 12.2 Å². The van der Waals surface area contributed by atoms with Gasteiger partial charge < -0.3 is 14.6 Å². The molecule has 0 bridgehead atoms. The summed E-state index contributed by atoms with van der Waals surface area (Å²) in [7, 11) is 1.38. The predicted octanol–water partition coefficient (Wildman–Crippen LogP) is 0.366. The molecule has 0 unspecified atom stereocenters. The number of hydrogen-bond acceptors (Lipinski definition) is 4. The van der Waals surface area contributed by atoms with Gasteiger partial charge in [0.25, 0.3) is 0 Å². The maximum atomic E-state index is 13.1. The Kier molecular flexibility index (Phi) is 5.63. The number of halogens is 1. The molecular formula is C20H17FN2O4. The molecule has 3 rings (SSSR count). The Morgan fingerprint density at radius 3 is 2.04 bits per heavy atom. The fraction of sp³-hybridized carbons (Fsp3) is 0.100. The summed E-state index contributed by atoms with van der Waals surface area (Å²) in [5.41, 5.74) is 0.0478. The summed E-state index contributed by atoms with van der Waals surface area (Å²) in [4.78, 5) is 33.2. The second-order valence-electron chi connectivity index (χ2n) is 5.64. The number of H-pyrrole nitrogens is 1. The highest BCUT2D eigenvalue weighted by molar-refractivity contribution is 5.49. The van der Waals surface area contributed by atoms with Crippen LogP contribution in [-0.2, 0) is 4.74 Å². The molecule has 0 spiro atoms. The van der Waals surface area contributed by atoms with E-state index in [4.69, 9.17) is 9.57 Å². The molecule has 0 amide bonds. The van der Waals surface area contributed by atoms with E-state index in [-0.39, 0.29) is 23.3 Å². The fourth-order valence-electron chi connectivity index (χ4n) is 2.42. The second kappa shape index (κ2) is 8.29. The lowest BCUT2D eigenvalue weighted by molar-refractivity contribution is -0.0462. The van der Waals surface area contributed by atoms with Crippen LogP contribution < -0.4 is 26.7 Å². The average molecular weight is 368 g/mol. The van der Waals surface area contributed by atoms with Crippen LogP contribution in [0.4, 0.5) is 4.39 Å². The Morgan fingerprint density at radius 1 is 0.926 bits per heavy atom. The molecule has 0 aliphatic heterocycles. The molecular weight excluding hydrogens is 351 g/mol. The maximum absolute atomic E-state index is 13.1. The van der Waals surface area contributed by atoms with Gasteiger partial charge in [-0.3, -0.25) is 9.59 Å². The van der Waals surface area contributed by atoms with E-state index in [0.717, 1.165) is 5.56 Å². The number of nitrogens with zero attached hydrogens (tertiary/aromatic N) is 1. The van der Waals surface area contributed by atoms with Gasteiger partial charge in [0.15, 0.2) is 0 Å². The Morgan fingerprint density at radius 2 is 1.48 bits per heavy atom. The van der Waals surface area contributed by atoms with Gasteiger partial charge in [0.2, 0.25) is 6.79 Å². The van der Waals surface area contributed by atoms with Crippen molar-refractivity contribution in [3.8, 4) is 0 Å². The Bertz CT molecular complexity index is 1150. The van der Waals surface area contributed by atoms with Crippen molar-refractivity contribution < 1.29 is 14.0 Å². The molecule has 2 aromatic carbocycles. The number of aromatic amines is 1. The molecule has 0 aliphatic carbocycles. The van der Waals surface area contributed by atoms with Crippen LogP contribution in [0.3, 0.4) is 0 Å². The predicted molar refractivity (Wildman–Crippen MR) is 99.0 cm³/mol. The summed E-state index contributed by atoms with van der Waals surface area (Å²) in [6.07, 6.45) is 3.12. The smallest absolute Gasteiger partial charge is 0.310 e. The van der Waals surface area contributed by atoms with Crippen LogP contribution in [0, 0.1) is 5.82 Å². The highest BCUT2D eigenvalue weighted by Crippen LogP contribution is 2.02. The van der Waals surface area contributed by atoms with E-state index in [0.29, 0.717) is 10.3 Å². The molecule has 0 fully saturated rings. The van der Waals surface area contributed by atoms with E-state index >= 15 is 0 Å². The van der Waals surface area contributed by atoms with Gasteiger partial charge in [0, 0.05) is 7.11 Å². The first-order valence-corrected chi connectivity index (χ1v) is 8.10. The van der Waals surface area contributed by atoms with E-state index in [1.165, 1.54) is 37.5 Å². The van der Waals surface area contributed by atoms with Crippen molar-refractivity contribution in [1.82, 2.24) is 9.71 Å². The molecule has 0 aliphatic rings. The third-order valence-electron chi connectivity index (χ3n) is 3.69. The van der Waals surface area contributed by atoms with Crippen molar-refractivity contribution in [2.24, 2.45) is 0 Å². The first kappa shape index (κ1) is 18.3. The van der Waals surface area contributed by atoms with E-state index in [2.05, 4.69) is 4.98 Å². The van der Waals surface area contributed by atoms with Crippen molar-refractivity contribution in [3.63, 3.8) is 0 Å². The minimum absolute atomic E-state index is 0.111. The minimum Gasteiger partial charge on any atom is -0.378 e. The van der Waals surface area contributed by atoms with Crippen LogP contribution in [0.15, 0.2) is 64.2 Å².